The van der Waals surface area contributed by atoms with E-state index in [2.05, 4.69) is 27.5 Å². The Morgan fingerprint density at radius 1 is 1.13 bits per heavy atom. The van der Waals surface area contributed by atoms with Crippen LogP contribution in [0.5, 0.6) is 0 Å². The molecule has 0 unspecified atom stereocenters. The maximum absolute atomic E-state index is 12.7. The molecule has 0 bridgehead atoms. The zero-order valence-electron chi connectivity index (χ0n) is 16.5. The molecule has 8 heteroatoms. The third kappa shape index (κ3) is 4.90. The summed E-state index contributed by atoms with van der Waals surface area (Å²) in [5.41, 5.74) is 0.141. The number of thiazole rings is 1. The van der Waals surface area contributed by atoms with Gasteiger partial charge in [0.05, 0.1) is 6.20 Å². The van der Waals surface area contributed by atoms with E-state index in [0.717, 1.165) is 11.3 Å². The first-order valence-corrected chi connectivity index (χ1v) is 10.2. The number of nitrogens with zero attached hydrogens (tertiary/aromatic N) is 1. The maximum Gasteiger partial charge on any atom is 0.267 e. The summed E-state index contributed by atoms with van der Waals surface area (Å²) in [5, 5.41) is 8.48. The van der Waals surface area contributed by atoms with Crippen molar-refractivity contribution >= 4 is 39.9 Å². The summed E-state index contributed by atoms with van der Waals surface area (Å²) < 4.78 is 0. The number of nitrogens with one attached hydrogen (secondary N) is 3. The number of anilines is 2. The molecular formula is C22H22N4O3S. The molecule has 0 spiro atoms. The molecule has 0 aliphatic heterocycles. The van der Waals surface area contributed by atoms with Crippen LogP contribution >= 0.6 is 11.3 Å². The maximum atomic E-state index is 12.7. The molecular weight excluding hydrogens is 400 g/mol. The number of rotatable bonds is 8. The quantitative estimate of drug-likeness (QED) is 0.444. The van der Waals surface area contributed by atoms with Crippen molar-refractivity contribution < 1.29 is 14.4 Å². The van der Waals surface area contributed by atoms with E-state index in [9.17, 15) is 14.4 Å². The lowest BCUT2D eigenvalue weighted by molar-refractivity contribution is -0.133. The predicted octanol–water partition coefficient (Wildman–Crippen LogP) is 3.88. The molecule has 2 aromatic rings. The Bertz CT molecular complexity index is 1020. The molecule has 1 heterocycles. The first kappa shape index (κ1) is 21.2. The van der Waals surface area contributed by atoms with Gasteiger partial charge in [-0.25, -0.2) is 4.98 Å². The van der Waals surface area contributed by atoms with Crippen molar-refractivity contribution in [3.63, 3.8) is 0 Å². The molecule has 3 amide bonds. The second-order valence-corrected chi connectivity index (χ2v) is 7.71. The summed E-state index contributed by atoms with van der Waals surface area (Å²) in [6.45, 7) is 5.39. The van der Waals surface area contributed by atoms with Crippen LogP contribution in [0.3, 0.4) is 0 Å². The number of hydrogen-bond donors (Lipinski definition) is 3. The predicted molar refractivity (Wildman–Crippen MR) is 118 cm³/mol. The Kier molecular flexibility index (Phi) is 6.58. The number of para-hydroxylation sites is 1. The second-order valence-electron chi connectivity index (χ2n) is 6.68. The fourth-order valence-electron chi connectivity index (χ4n) is 2.68. The van der Waals surface area contributed by atoms with E-state index in [4.69, 9.17) is 0 Å². The van der Waals surface area contributed by atoms with Gasteiger partial charge in [-0.15, -0.1) is 0 Å². The lowest BCUT2D eigenvalue weighted by Crippen LogP contribution is -2.39. The second kappa shape index (κ2) is 9.32. The Hall–Kier alpha value is -3.52. The fraction of sp³-hybridized carbons (Fsp3) is 0.182. The van der Waals surface area contributed by atoms with Crippen LogP contribution in [-0.4, -0.2) is 22.7 Å². The van der Waals surface area contributed by atoms with E-state index in [1.807, 2.05) is 18.2 Å². The highest BCUT2D eigenvalue weighted by Gasteiger charge is 2.56. The minimum absolute atomic E-state index is 0.273. The van der Waals surface area contributed by atoms with Crippen molar-refractivity contribution in [3.05, 3.63) is 78.0 Å². The summed E-state index contributed by atoms with van der Waals surface area (Å²) in [7, 11) is 0. The van der Waals surface area contributed by atoms with Crippen LogP contribution in [0.25, 0.3) is 0 Å². The normalized spacial score (nSPS) is 14.8. The van der Waals surface area contributed by atoms with Gasteiger partial charge in [-0.05, 0) is 38.0 Å². The summed E-state index contributed by atoms with van der Waals surface area (Å²) in [4.78, 5) is 42.2. The largest absolute Gasteiger partial charge is 0.325 e. The van der Waals surface area contributed by atoms with E-state index < -0.39 is 11.3 Å². The van der Waals surface area contributed by atoms with Gasteiger partial charge in [-0.3, -0.25) is 14.4 Å². The lowest BCUT2D eigenvalue weighted by atomic mass is 10.1. The Morgan fingerprint density at radius 2 is 1.87 bits per heavy atom. The van der Waals surface area contributed by atoms with Crippen molar-refractivity contribution in [2.45, 2.75) is 19.8 Å². The van der Waals surface area contributed by atoms with Crippen LogP contribution in [0.1, 0.15) is 29.4 Å². The third-order valence-electron chi connectivity index (χ3n) is 4.58. The van der Waals surface area contributed by atoms with Crippen LogP contribution in [0.4, 0.5) is 10.8 Å². The van der Waals surface area contributed by atoms with Gasteiger partial charge < -0.3 is 16.0 Å². The summed E-state index contributed by atoms with van der Waals surface area (Å²) in [6, 6.07) is 9.05. The van der Waals surface area contributed by atoms with Gasteiger partial charge in [-0.1, -0.05) is 54.3 Å². The van der Waals surface area contributed by atoms with E-state index >= 15 is 0 Å². The minimum Gasteiger partial charge on any atom is -0.325 e. The smallest absolute Gasteiger partial charge is 0.267 e. The monoisotopic (exact) mass is 422 g/mol. The number of hydrogen-bond acceptors (Lipinski definition) is 5. The Balaban J connectivity index is 1.62. The van der Waals surface area contributed by atoms with Gasteiger partial charge in [0.1, 0.15) is 10.3 Å². The van der Waals surface area contributed by atoms with Crippen LogP contribution < -0.4 is 16.0 Å². The topological polar surface area (TPSA) is 100 Å². The van der Waals surface area contributed by atoms with Gasteiger partial charge in [-0.2, -0.15) is 0 Å². The molecule has 1 aromatic heterocycles. The standard InChI is InChI=1S/C22H22N4O3S/c1-3-5-9-15(4-2)25-19(28)22(12-13-22)20(29)26-21-23-14-17(30-21)18(27)24-16-10-7-6-8-11-16/h3-11,14H,1,12-13H2,2H3,(H,24,27)(H,25,28)(H,23,26,29)/b9-5-,15-4+. The van der Waals surface area contributed by atoms with Crippen molar-refractivity contribution in [2.24, 2.45) is 5.41 Å². The summed E-state index contributed by atoms with van der Waals surface area (Å²) in [5.74, 6) is -1.10. The number of carbonyl (C=O) groups is 3. The van der Waals surface area contributed by atoms with Gasteiger partial charge in [0, 0.05) is 11.4 Å². The molecule has 1 aliphatic carbocycles. The van der Waals surface area contributed by atoms with Crippen LogP contribution in [0, 0.1) is 5.41 Å². The molecule has 1 aromatic carbocycles. The molecule has 7 nitrogen and oxygen atoms in total. The van der Waals surface area contributed by atoms with Crippen LogP contribution in [0.15, 0.2) is 73.1 Å². The average molecular weight is 423 g/mol. The van der Waals surface area contributed by atoms with Gasteiger partial charge in [0.25, 0.3) is 5.91 Å². The molecule has 3 rings (SSSR count). The number of amides is 3. The lowest BCUT2D eigenvalue weighted by Gasteiger charge is -2.14. The molecule has 154 valence electrons. The SMILES string of the molecule is C=C/C=C\C(=C/C)NC(=O)C1(C(=O)Nc2ncc(C(=O)Nc3ccccc3)s2)CC1. The van der Waals surface area contributed by atoms with E-state index in [0.29, 0.717) is 29.1 Å². The molecule has 1 aliphatic rings. The third-order valence-corrected chi connectivity index (χ3v) is 5.49. The van der Waals surface area contributed by atoms with Crippen molar-refractivity contribution in [1.82, 2.24) is 10.3 Å². The Labute approximate surface area is 178 Å². The molecule has 1 saturated carbocycles. The number of aromatic nitrogens is 1. The van der Waals surface area contributed by atoms with Gasteiger partial charge >= 0.3 is 0 Å². The number of allylic oxidation sites excluding steroid dienone is 4. The highest BCUT2D eigenvalue weighted by Crippen LogP contribution is 2.47. The zero-order chi connectivity index (χ0) is 21.6. The van der Waals surface area contributed by atoms with Gasteiger partial charge in [0.15, 0.2) is 5.13 Å². The van der Waals surface area contributed by atoms with Crippen LogP contribution in [0.2, 0.25) is 0 Å². The molecule has 3 N–H and O–H groups in total. The molecule has 1 fully saturated rings. The van der Waals surface area contributed by atoms with E-state index in [1.165, 1.54) is 6.20 Å². The van der Waals surface area contributed by atoms with Crippen molar-refractivity contribution in [3.8, 4) is 0 Å². The summed E-state index contributed by atoms with van der Waals surface area (Å²) >= 11 is 1.05. The Morgan fingerprint density at radius 3 is 2.50 bits per heavy atom. The molecule has 0 atom stereocenters. The van der Waals surface area contributed by atoms with Gasteiger partial charge in [0.2, 0.25) is 11.8 Å². The average Bonchev–Trinajstić information content (AvgIpc) is 3.45. The first-order chi connectivity index (χ1) is 14.5. The van der Waals surface area contributed by atoms with Crippen LogP contribution in [-0.2, 0) is 9.59 Å². The number of carbonyl (C=O) groups excluding carboxylic acids is 3. The molecule has 0 radical (unpaired) electrons. The highest BCUT2D eigenvalue weighted by atomic mass is 32.1. The number of benzene rings is 1. The zero-order valence-corrected chi connectivity index (χ0v) is 17.3. The van der Waals surface area contributed by atoms with Crippen molar-refractivity contribution in [2.75, 3.05) is 10.6 Å². The highest BCUT2D eigenvalue weighted by molar-refractivity contribution is 7.17. The minimum atomic E-state index is -1.12. The van der Waals surface area contributed by atoms with Crippen molar-refractivity contribution in [1.29, 1.82) is 0 Å². The molecule has 30 heavy (non-hydrogen) atoms. The summed E-state index contributed by atoms with van der Waals surface area (Å²) in [6.07, 6.45) is 9.06. The first-order valence-electron chi connectivity index (χ1n) is 9.39. The van der Waals surface area contributed by atoms with E-state index in [-0.39, 0.29) is 16.9 Å². The van der Waals surface area contributed by atoms with E-state index in [1.54, 1.807) is 43.4 Å². The molecule has 0 saturated heterocycles. The fourth-order valence-corrected chi connectivity index (χ4v) is 3.39.